The summed E-state index contributed by atoms with van der Waals surface area (Å²) in [7, 11) is 0. The summed E-state index contributed by atoms with van der Waals surface area (Å²) in [6.45, 7) is 1.98. The van der Waals surface area contributed by atoms with Crippen LogP contribution in [0.4, 0.5) is 5.69 Å². The van der Waals surface area contributed by atoms with Crippen molar-refractivity contribution in [1.82, 2.24) is 0 Å². The van der Waals surface area contributed by atoms with Crippen molar-refractivity contribution in [2.24, 2.45) is 0 Å². The van der Waals surface area contributed by atoms with Gasteiger partial charge < -0.3 is 15.2 Å². The Balaban J connectivity index is 1.76. The van der Waals surface area contributed by atoms with Gasteiger partial charge in [-0.25, -0.2) is 0 Å². The summed E-state index contributed by atoms with van der Waals surface area (Å²) >= 11 is 0. The second-order valence-corrected chi connectivity index (χ2v) is 7.28. The number of aryl methyl sites for hydroxylation is 1. The highest BCUT2D eigenvalue weighted by molar-refractivity contribution is 6.33. The Labute approximate surface area is 168 Å². The summed E-state index contributed by atoms with van der Waals surface area (Å²) in [5, 5.41) is 14.6. The molecule has 4 heteroatoms. The van der Waals surface area contributed by atoms with Crippen LogP contribution in [0.15, 0.2) is 90.5 Å². The van der Waals surface area contributed by atoms with Gasteiger partial charge in [-0.3, -0.25) is 4.79 Å². The Hall–Kier alpha value is -3.63. The molecule has 5 rings (SSSR count). The van der Waals surface area contributed by atoms with Crippen LogP contribution in [0.2, 0.25) is 0 Å². The molecule has 1 amide bonds. The number of hydrogen-bond acceptors (Lipinski definition) is 3. The van der Waals surface area contributed by atoms with Crippen molar-refractivity contribution in [2.75, 3.05) is 5.32 Å². The first-order valence-corrected chi connectivity index (χ1v) is 9.47. The highest BCUT2D eigenvalue weighted by Gasteiger charge is 2.45. The fourth-order valence-corrected chi connectivity index (χ4v) is 3.84. The lowest BCUT2D eigenvalue weighted by Crippen LogP contribution is -2.28. The minimum absolute atomic E-state index is 0.249. The molecule has 2 aliphatic rings. The molecule has 3 aromatic carbocycles. The van der Waals surface area contributed by atoms with Crippen LogP contribution in [0.25, 0.3) is 11.3 Å². The number of anilines is 1. The Morgan fingerprint density at radius 2 is 1.59 bits per heavy atom. The molecule has 29 heavy (non-hydrogen) atoms. The number of rotatable bonds is 2. The Morgan fingerprint density at radius 3 is 2.34 bits per heavy atom. The Bertz CT molecular complexity index is 1180. The molecule has 1 unspecified atom stereocenters. The summed E-state index contributed by atoms with van der Waals surface area (Å²) in [6.07, 6.45) is 1.77. The van der Waals surface area contributed by atoms with Crippen molar-refractivity contribution in [1.29, 1.82) is 0 Å². The van der Waals surface area contributed by atoms with Gasteiger partial charge in [-0.2, -0.15) is 0 Å². The molecule has 142 valence electrons. The first-order valence-electron chi connectivity index (χ1n) is 9.47. The van der Waals surface area contributed by atoms with E-state index in [1.54, 1.807) is 6.08 Å². The van der Waals surface area contributed by atoms with Crippen molar-refractivity contribution < 1.29 is 14.6 Å². The summed E-state index contributed by atoms with van der Waals surface area (Å²) in [6, 6.07) is 24.5. The highest BCUT2D eigenvalue weighted by Crippen LogP contribution is 2.48. The van der Waals surface area contributed by atoms with Crippen molar-refractivity contribution >= 4 is 22.9 Å². The number of aliphatic hydroxyl groups is 1. The van der Waals surface area contributed by atoms with Crippen LogP contribution < -0.4 is 5.32 Å². The van der Waals surface area contributed by atoms with E-state index < -0.39 is 5.79 Å². The third-order valence-corrected chi connectivity index (χ3v) is 5.34. The summed E-state index contributed by atoms with van der Waals surface area (Å²) in [5.41, 5.74) is 4.83. The lowest BCUT2D eigenvalue weighted by molar-refractivity contribution is -0.121. The Kier molecular flexibility index (Phi) is 3.89. The fraction of sp³-hybridized carbons (Fsp3) is 0.0800. The standard InChI is InChI=1S/C25H19NO3/c1-16-11-13-18(14-12-16)25(28)20(15-22(29-25)17-7-3-2-4-8-17)23-19-9-5-6-10-21(19)26-24(23)27/h2-15,28H,1H3,(H,26,27)/b23-20+. The predicted octanol–water partition coefficient (Wildman–Crippen LogP) is 4.62. The van der Waals surface area contributed by atoms with Gasteiger partial charge >= 0.3 is 0 Å². The van der Waals surface area contributed by atoms with E-state index in [2.05, 4.69) is 5.32 Å². The van der Waals surface area contributed by atoms with Gasteiger partial charge in [0.25, 0.3) is 11.7 Å². The lowest BCUT2D eigenvalue weighted by Gasteiger charge is -2.27. The maximum absolute atomic E-state index is 12.9. The van der Waals surface area contributed by atoms with Gasteiger partial charge in [0, 0.05) is 28.0 Å². The first kappa shape index (κ1) is 17.5. The molecular formula is C25H19NO3. The number of hydrogen-bond donors (Lipinski definition) is 2. The van der Waals surface area contributed by atoms with Gasteiger partial charge in [0.2, 0.25) is 0 Å². The van der Waals surface area contributed by atoms with Gasteiger partial charge in [0.1, 0.15) is 5.76 Å². The molecule has 2 aliphatic heterocycles. The van der Waals surface area contributed by atoms with E-state index in [1.807, 2.05) is 85.8 Å². The first-order chi connectivity index (χ1) is 14.1. The van der Waals surface area contributed by atoms with Crippen LogP contribution in [0.5, 0.6) is 0 Å². The van der Waals surface area contributed by atoms with E-state index in [0.29, 0.717) is 22.5 Å². The van der Waals surface area contributed by atoms with Gasteiger partial charge in [-0.15, -0.1) is 0 Å². The molecule has 0 fully saturated rings. The summed E-state index contributed by atoms with van der Waals surface area (Å²) in [4.78, 5) is 12.9. The average molecular weight is 381 g/mol. The van der Waals surface area contributed by atoms with Crippen molar-refractivity contribution in [3.05, 3.63) is 113 Å². The average Bonchev–Trinajstić information content (AvgIpc) is 3.25. The van der Waals surface area contributed by atoms with Crippen molar-refractivity contribution in [3.63, 3.8) is 0 Å². The third kappa shape index (κ3) is 2.77. The summed E-state index contributed by atoms with van der Waals surface area (Å²) in [5.74, 6) is -1.49. The van der Waals surface area contributed by atoms with Crippen LogP contribution in [0.3, 0.4) is 0 Å². The number of benzene rings is 3. The zero-order valence-corrected chi connectivity index (χ0v) is 15.8. The van der Waals surface area contributed by atoms with Crippen LogP contribution in [-0.4, -0.2) is 11.0 Å². The number of fused-ring (bicyclic) bond motifs is 1. The second kappa shape index (κ2) is 6.47. The van der Waals surface area contributed by atoms with Crippen molar-refractivity contribution in [2.45, 2.75) is 12.7 Å². The van der Waals surface area contributed by atoms with Crippen LogP contribution in [0.1, 0.15) is 22.3 Å². The molecule has 0 saturated heterocycles. The van der Waals surface area contributed by atoms with Gasteiger partial charge in [0.15, 0.2) is 0 Å². The van der Waals surface area contributed by atoms with E-state index in [1.165, 1.54) is 0 Å². The molecule has 1 atom stereocenters. The molecule has 0 radical (unpaired) electrons. The number of nitrogens with one attached hydrogen (secondary N) is 1. The minimum Gasteiger partial charge on any atom is -0.453 e. The van der Waals surface area contributed by atoms with Gasteiger partial charge in [0.05, 0.1) is 5.57 Å². The predicted molar refractivity (Wildman–Crippen MR) is 113 cm³/mol. The number of ether oxygens (including phenoxy) is 1. The SMILES string of the molecule is Cc1ccc(C2(O)OC(c3ccccc3)=C/C2=C2\C(=O)Nc3ccccc32)cc1. The molecule has 4 nitrogen and oxygen atoms in total. The number of amides is 1. The van der Waals surface area contributed by atoms with E-state index in [-0.39, 0.29) is 5.91 Å². The van der Waals surface area contributed by atoms with E-state index in [0.717, 1.165) is 22.4 Å². The van der Waals surface area contributed by atoms with E-state index >= 15 is 0 Å². The molecule has 0 bridgehead atoms. The molecule has 0 saturated carbocycles. The van der Waals surface area contributed by atoms with Gasteiger partial charge in [-0.1, -0.05) is 78.4 Å². The largest absolute Gasteiger partial charge is 0.453 e. The second-order valence-electron chi connectivity index (χ2n) is 7.28. The molecule has 0 aliphatic carbocycles. The maximum atomic E-state index is 12.9. The number of carbonyl (C=O) groups is 1. The number of carbonyl (C=O) groups excluding carboxylic acids is 1. The minimum atomic E-state index is -1.76. The Morgan fingerprint density at radius 1 is 0.897 bits per heavy atom. The molecule has 0 spiro atoms. The zero-order chi connectivity index (χ0) is 20.0. The quantitative estimate of drug-likeness (QED) is 0.637. The topological polar surface area (TPSA) is 58.6 Å². The van der Waals surface area contributed by atoms with Crippen LogP contribution >= 0.6 is 0 Å². The molecular weight excluding hydrogens is 362 g/mol. The highest BCUT2D eigenvalue weighted by atomic mass is 16.6. The van der Waals surface area contributed by atoms with E-state index in [4.69, 9.17) is 4.74 Å². The zero-order valence-electron chi connectivity index (χ0n) is 15.8. The number of para-hydroxylation sites is 1. The van der Waals surface area contributed by atoms with Crippen molar-refractivity contribution in [3.8, 4) is 0 Å². The summed E-state index contributed by atoms with van der Waals surface area (Å²) < 4.78 is 6.13. The van der Waals surface area contributed by atoms with E-state index in [9.17, 15) is 9.90 Å². The maximum Gasteiger partial charge on any atom is 0.262 e. The molecule has 2 N–H and O–H groups in total. The molecule has 3 aromatic rings. The fourth-order valence-electron chi connectivity index (χ4n) is 3.84. The lowest BCUT2D eigenvalue weighted by atomic mass is 9.90. The van der Waals surface area contributed by atoms with Gasteiger partial charge in [-0.05, 0) is 19.1 Å². The van der Waals surface area contributed by atoms with Crippen LogP contribution in [-0.2, 0) is 15.3 Å². The monoisotopic (exact) mass is 381 g/mol. The molecule has 2 heterocycles. The third-order valence-electron chi connectivity index (χ3n) is 5.34. The smallest absolute Gasteiger partial charge is 0.262 e. The van der Waals surface area contributed by atoms with Crippen LogP contribution in [0, 0.1) is 6.92 Å². The molecule has 0 aromatic heterocycles. The normalized spacial score (nSPS) is 22.7.